The molecule has 0 aliphatic carbocycles. The van der Waals surface area contributed by atoms with Gasteiger partial charge >= 0.3 is 0 Å². The van der Waals surface area contributed by atoms with E-state index in [0.29, 0.717) is 12.6 Å². The molecule has 0 amide bonds. The molecule has 1 heterocycles. The molecule has 0 saturated heterocycles. The van der Waals surface area contributed by atoms with Crippen molar-refractivity contribution in [3.8, 4) is 0 Å². The summed E-state index contributed by atoms with van der Waals surface area (Å²) in [5.74, 6) is 2.07. The van der Waals surface area contributed by atoms with Crippen molar-refractivity contribution in [2.75, 3.05) is 24.0 Å². The molecule has 16 heavy (non-hydrogen) atoms. The molecule has 1 aromatic rings. The first-order valence-electron chi connectivity index (χ1n) is 5.41. The van der Waals surface area contributed by atoms with Crippen LogP contribution in [0.3, 0.4) is 0 Å². The molecule has 0 saturated carbocycles. The fourth-order valence-corrected chi connectivity index (χ4v) is 1.92. The first kappa shape index (κ1) is 13.3. The van der Waals surface area contributed by atoms with Gasteiger partial charge in [0.2, 0.25) is 0 Å². The van der Waals surface area contributed by atoms with E-state index in [2.05, 4.69) is 35.1 Å². The Bertz CT molecular complexity index is 301. The van der Waals surface area contributed by atoms with Crippen LogP contribution in [0.1, 0.15) is 19.0 Å². The van der Waals surface area contributed by atoms with Crippen molar-refractivity contribution in [1.82, 2.24) is 9.97 Å². The number of anilines is 1. The molecule has 0 aliphatic heterocycles. The van der Waals surface area contributed by atoms with Crippen LogP contribution in [0, 0.1) is 0 Å². The summed E-state index contributed by atoms with van der Waals surface area (Å²) in [5, 5.41) is 0. The fourth-order valence-electron chi connectivity index (χ4n) is 1.34. The van der Waals surface area contributed by atoms with E-state index in [1.807, 2.05) is 11.8 Å². The van der Waals surface area contributed by atoms with Crippen LogP contribution in [0.15, 0.2) is 12.4 Å². The largest absolute Gasteiger partial charge is 0.356 e. The number of nitrogens with zero attached hydrogens (tertiary/aromatic N) is 3. The average molecular weight is 240 g/mol. The number of aromatic nitrogens is 2. The minimum atomic E-state index is 0.443. The summed E-state index contributed by atoms with van der Waals surface area (Å²) >= 11 is 1.87. The van der Waals surface area contributed by atoms with E-state index < -0.39 is 0 Å². The molecule has 0 aliphatic rings. The number of hydrogen-bond donors (Lipinski definition) is 1. The van der Waals surface area contributed by atoms with Crippen molar-refractivity contribution in [2.45, 2.75) is 25.9 Å². The lowest BCUT2D eigenvalue weighted by Crippen LogP contribution is -2.30. The van der Waals surface area contributed by atoms with E-state index in [1.165, 1.54) is 5.75 Å². The molecule has 2 N–H and O–H groups in total. The van der Waals surface area contributed by atoms with E-state index in [-0.39, 0.29) is 0 Å². The Balaban J connectivity index is 2.60. The van der Waals surface area contributed by atoms with Gasteiger partial charge in [0.05, 0.1) is 18.1 Å². The molecule has 5 heteroatoms. The second-order valence-electron chi connectivity index (χ2n) is 3.81. The van der Waals surface area contributed by atoms with Gasteiger partial charge in [-0.15, -0.1) is 0 Å². The smallest absolute Gasteiger partial charge is 0.147 e. The van der Waals surface area contributed by atoms with Crippen molar-refractivity contribution in [3.63, 3.8) is 0 Å². The minimum Gasteiger partial charge on any atom is -0.356 e. The van der Waals surface area contributed by atoms with Gasteiger partial charge in [0.15, 0.2) is 0 Å². The van der Waals surface area contributed by atoms with Crippen molar-refractivity contribution in [3.05, 3.63) is 18.1 Å². The predicted octanol–water partition coefficient (Wildman–Crippen LogP) is 1.51. The molecule has 1 unspecified atom stereocenters. The van der Waals surface area contributed by atoms with E-state index >= 15 is 0 Å². The standard InChI is InChI=1S/C11H20N4S/c1-9(4-5-16-3)15(2)11-8-13-10(6-12)7-14-11/h7-9H,4-6,12H2,1-3H3. The maximum Gasteiger partial charge on any atom is 0.147 e. The minimum absolute atomic E-state index is 0.443. The van der Waals surface area contributed by atoms with Crippen LogP contribution in [0.4, 0.5) is 5.82 Å². The van der Waals surface area contributed by atoms with Gasteiger partial charge in [0, 0.05) is 19.6 Å². The topological polar surface area (TPSA) is 55.0 Å². The molecule has 0 fully saturated rings. The number of rotatable bonds is 6. The highest BCUT2D eigenvalue weighted by atomic mass is 32.2. The Kier molecular flexibility index (Phi) is 5.55. The zero-order chi connectivity index (χ0) is 12.0. The molecule has 1 atom stereocenters. The summed E-state index contributed by atoms with van der Waals surface area (Å²) in [4.78, 5) is 10.8. The quantitative estimate of drug-likeness (QED) is 0.817. The van der Waals surface area contributed by atoms with Crippen molar-refractivity contribution >= 4 is 17.6 Å². The van der Waals surface area contributed by atoms with Crippen LogP contribution >= 0.6 is 11.8 Å². The maximum absolute atomic E-state index is 5.48. The lowest BCUT2D eigenvalue weighted by molar-refractivity contribution is 0.660. The number of thioether (sulfide) groups is 1. The predicted molar refractivity (Wildman–Crippen MR) is 70.8 cm³/mol. The molecular formula is C11H20N4S. The summed E-state index contributed by atoms with van der Waals surface area (Å²) in [7, 11) is 2.05. The van der Waals surface area contributed by atoms with Gasteiger partial charge in [0.25, 0.3) is 0 Å². The van der Waals surface area contributed by atoms with Crippen LogP contribution in [-0.4, -0.2) is 35.1 Å². The third-order valence-corrected chi connectivity index (χ3v) is 3.31. The van der Waals surface area contributed by atoms with Gasteiger partial charge < -0.3 is 10.6 Å². The molecule has 1 aromatic heterocycles. The summed E-state index contributed by atoms with van der Waals surface area (Å²) in [6.07, 6.45) is 6.81. The molecule has 1 rings (SSSR count). The lowest BCUT2D eigenvalue weighted by Gasteiger charge is -2.25. The Morgan fingerprint density at radius 2 is 2.19 bits per heavy atom. The Morgan fingerprint density at radius 3 is 2.69 bits per heavy atom. The molecule has 0 aromatic carbocycles. The Morgan fingerprint density at radius 1 is 1.44 bits per heavy atom. The monoisotopic (exact) mass is 240 g/mol. The molecular weight excluding hydrogens is 220 g/mol. The van der Waals surface area contributed by atoms with E-state index in [9.17, 15) is 0 Å². The number of nitrogens with two attached hydrogens (primary N) is 1. The average Bonchev–Trinajstić information content (AvgIpc) is 2.35. The maximum atomic E-state index is 5.48. The van der Waals surface area contributed by atoms with Crippen molar-refractivity contribution in [2.24, 2.45) is 5.73 Å². The van der Waals surface area contributed by atoms with Gasteiger partial charge in [-0.2, -0.15) is 11.8 Å². The van der Waals surface area contributed by atoms with E-state index in [4.69, 9.17) is 5.73 Å². The third-order valence-electron chi connectivity index (χ3n) is 2.66. The zero-order valence-electron chi connectivity index (χ0n) is 10.2. The Hall–Kier alpha value is -0.810. The second kappa shape index (κ2) is 6.70. The summed E-state index contributed by atoms with van der Waals surface area (Å²) < 4.78 is 0. The third kappa shape index (κ3) is 3.64. The zero-order valence-corrected chi connectivity index (χ0v) is 11.0. The summed E-state index contributed by atoms with van der Waals surface area (Å²) in [6.45, 7) is 2.65. The van der Waals surface area contributed by atoms with Crippen LogP contribution in [0.5, 0.6) is 0 Å². The SMILES string of the molecule is CSCCC(C)N(C)c1cnc(CN)cn1. The highest BCUT2D eigenvalue weighted by Crippen LogP contribution is 2.13. The first-order valence-corrected chi connectivity index (χ1v) is 6.81. The van der Waals surface area contributed by atoms with Crippen LogP contribution < -0.4 is 10.6 Å². The fraction of sp³-hybridized carbons (Fsp3) is 0.636. The highest BCUT2D eigenvalue weighted by molar-refractivity contribution is 7.98. The van der Waals surface area contributed by atoms with Gasteiger partial charge in [-0.25, -0.2) is 4.98 Å². The van der Waals surface area contributed by atoms with Gasteiger partial charge in [-0.3, -0.25) is 4.98 Å². The molecule has 0 radical (unpaired) electrons. The van der Waals surface area contributed by atoms with Crippen LogP contribution in [0.2, 0.25) is 0 Å². The molecule has 4 nitrogen and oxygen atoms in total. The van der Waals surface area contributed by atoms with E-state index in [1.54, 1.807) is 12.4 Å². The van der Waals surface area contributed by atoms with Crippen molar-refractivity contribution in [1.29, 1.82) is 0 Å². The van der Waals surface area contributed by atoms with E-state index in [0.717, 1.165) is 17.9 Å². The van der Waals surface area contributed by atoms with Crippen LogP contribution in [0.25, 0.3) is 0 Å². The van der Waals surface area contributed by atoms with Gasteiger partial charge in [-0.1, -0.05) is 0 Å². The first-order chi connectivity index (χ1) is 7.69. The summed E-state index contributed by atoms with van der Waals surface area (Å²) in [6, 6.07) is 0.477. The second-order valence-corrected chi connectivity index (χ2v) is 4.80. The lowest BCUT2D eigenvalue weighted by atomic mass is 10.2. The molecule has 90 valence electrons. The normalized spacial score (nSPS) is 12.5. The molecule has 0 spiro atoms. The van der Waals surface area contributed by atoms with Crippen molar-refractivity contribution < 1.29 is 0 Å². The van der Waals surface area contributed by atoms with Gasteiger partial charge in [-0.05, 0) is 25.4 Å². The van der Waals surface area contributed by atoms with Crippen LogP contribution in [-0.2, 0) is 6.54 Å². The Labute approximate surface area is 102 Å². The highest BCUT2D eigenvalue weighted by Gasteiger charge is 2.10. The number of hydrogen-bond acceptors (Lipinski definition) is 5. The van der Waals surface area contributed by atoms with Gasteiger partial charge in [0.1, 0.15) is 5.82 Å². The summed E-state index contributed by atoms with van der Waals surface area (Å²) in [5.41, 5.74) is 6.31. The molecule has 0 bridgehead atoms.